The lowest BCUT2D eigenvalue weighted by atomic mass is 10.0. The number of nitriles is 1. The molecule has 72 valence electrons. The molecular formula is C10H9BrN2O. The molecule has 0 saturated heterocycles. The van der Waals surface area contributed by atoms with Crippen molar-refractivity contribution in [3.63, 3.8) is 0 Å². The minimum atomic E-state index is -0.383. The normalized spacial score (nSPS) is 17.2. The van der Waals surface area contributed by atoms with Crippen LogP contribution in [0.15, 0.2) is 16.7 Å². The summed E-state index contributed by atoms with van der Waals surface area (Å²) < 4.78 is 6.08. The van der Waals surface area contributed by atoms with Gasteiger partial charge in [0.25, 0.3) is 0 Å². The predicted molar refractivity (Wildman–Crippen MR) is 55.0 cm³/mol. The Morgan fingerprint density at radius 1 is 1.64 bits per heavy atom. The molecule has 0 bridgehead atoms. The number of methoxy groups -OCH3 is 1. The Bertz CT molecular complexity index is 407. The van der Waals surface area contributed by atoms with Gasteiger partial charge in [0.15, 0.2) is 0 Å². The lowest BCUT2D eigenvalue weighted by molar-refractivity contribution is 0.404. The molecule has 0 aromatic carbocycles. The largest absolute Gasteiger partial charge is 0.495 e. The van der Waals surface area contributed by atoms with Crippen molar-refractivity contribution in [2.24, 2.45) is 0 Å². The van der Waals surface area contributed by atoms with Gasteiger partial charge in [-0.15, -0.1) is 0 Å². The number of aromatic nitrogens is 1. The summed E-state index contributed by atoms with van der Waals surface area (Å²) in [5, 5.41) is 9.04. The molecule has 1 saturated carbocycles. The van der Waals surface area contributed by atoms with Gasteiger partial charge in [-0.2, -0.15) is 5.26 Å². The highest BCUT2D eigenvalue weighted by Gasteiger charge is 2.48. The first-order chi connectivity index (χ1) is 6.72. The van der Waals surface area contributed by atoms with Crippen molar-refractivity contribution in [1.82, 2.24) is 4.98 Å². The molecule has 0 aliphatic heterocycles. The molecule has 0 N–H and O–H groups in total. The van der Waals surface area contributed by atoms with Gasteiger partial charge in [0.2, 0.25) is 0 Å². The first kappa shape index (κ1) is 9.47. The second-order valence-electron chi connectivity index (χ2n) is 3.40. The molecule has 0 amide bonds. The summed E-state index contributed by atoms with van der Waals surface area (Å²) in [5.41, 5.74) is 0.386. The molecule has 0 unspecified atom stereocenters. The van der Waals surface area contributed by atoms with Gasteiger partial charge in [-0.3, -0.25) is 4.98 Å². The average Bonchev–Trinajstić information content (AvgIpc) is 2.98. The van der Waals surface area contributed by atoms with E-state index in [4.69, 9.17) is 10.00 Å². The molecule has 4 heteroatoms. The summed E-state index contributed by atoms with van der Waals surface area (Å²) >= 11 is 3.32. The van der Waals surface area contributed by atoms with Crippen molar-refractivity contribution in [3.05, 3.63) is 22.4 Å². The monoisotopic (exact) mass is 252 g/mol. The highest BCUT2D eigenvalue weighted by atomic mass is 79.9. The Morgan fingerprint density at radius 3 is 2.86 bits per heavy atom. The summed E-state index contributed by atoms with van der Waals surface area (Å²) in [6.45, 7) is 0. The first-order valence-electron chi connectivity index (χ1n) is 4.33. The van der Waals surface area contributed by atoms with Gasteiger partial charge in [0.1, 0.15) is 16.9 Å². The Labute approximate surface area is 90.8 Å². The van der Waals surface area contributed by atoms with Gasteiger partial charge < -0.3 is 4.74 Å². The van der Waals surface area contributed by atoms with Gasteiger partial charge in [-0.05, 0) is 34.8 Å². The van der Waals surface area contributed by atoms with Gasteiger partial charge in [-0.1, -0.05) is 0 Å². The molecule has 2 rings (SSSR count). The van der Waals surface area contributed by atoms with Crippen LogP contribution in [0.5, 0.6) is 5.75 Å². The lowest BCUT2D eigenvalue weighted by Gasteiger charge is -2.10. The topological polar surface area (TPSA) is 45.9 Å². The molecule has 1 aliphatic carbocycles. The molecule has 0 spiro atoms. The highest BCUT2D eigenvalue weighted by molar-refractivity contribution is 9.10. The zero-order chi connectivity index (χ0) is 10.2. The van der Waals surface area contributed by atoms with E-state index in [9.17, 15) is 0 Å². The Hall–Kier alpha value is -1.08. The van der Waals surface area contributed by atoms with Crippen LogP contribution in [0.3, 0.4) is 0 Å². The zero-order valence-electron chi connectivity index (χ0n) is 7.75. The number of halogens is 1. The van der Waals surface area contributed by atoms with Crippen molar-refractivity contribution >= 4 is 15.9 Å². The highest BCUT2D eigenvalue weighted by Crippen LogP contribution is 2.49. The maximum absolute atomic E-state index is 9.04. The number of hydrogen-bond acceptors (Lipinski definition) is 3. The Morgan fingerprint density at radius 2 is 2.36 bits per heavy atom. The van der Waals surface area contributed by atoms with Gasteiger partial charge >= 0.3 is 0 Å². The summed E-state index contributed by atoms with van der Waals surface area (Å²) in [6.07, 6.45) is 3.47. The molecule has 1 fully saturated rings. The quantitative estimate of drug-likeness (QED) is 0.812. The minimum absolute atomic E-state index is 0.383. The maximum atomic E-state index is 9.04. The average molecular weight is 253 g/mol. The van der Waals surface area contributed by atoms with Crippen LogP contribution in [0.4, 0.5) is 0 Å². The Kier molecular flexibility index (Phi) is 2.20. The fourth-order valence-electron chi connectivity index (χ4n) is 1.46. The van der Waals surface area contributed by atoms with E-state index in [0.717, 1.165) is 23.0 Å². The second kappa shape index (κ2) is 3.25. The molecule has 1 aliphatic rings. The maximum Gasteiger partial charge on any atom is 0.143 e. The summed E-state index contributed by atoms with van der Waals surface area (Å²) in [5.74, 6) is 0.693. The van der Waals surface area contributed by atoms with Crippen molar-refractivity contribution < 1.29 is 4.74 Å². The number of nitrogens with zero attached hydrogens (tertiary/aromatic N) is 2. The molecule has 3 nitrogen and oxygen atoms in total. The zero-order valence-corrected chi connectivity index (χ0v) is 9.34. The SMILES string of the molecule is COc1cc(Br)cnc1C1(C#N)CC1. The van der Waals surface area contributed by atoms with Crippen LogP contribution in [-0.2, 0) is 5.41 Å². The van der Waals surface area contributed by atoms with Gasteiger partial charge in [0, 0.05) is 10.7 Å². The smallest absolute Gasteiger partial charge is 0.143 e. The number of rotatable bonds is 2. The fraction of sp³-hybridized carbons (Fsp3) is 0.400. The van der Waals surface area contributed by atoms with Gasteiger partial charge in [0.05, 0.1) is 13.2 Å². The minimum Gasteiger partial charge on any atom is -0.495 e. The van der Waals surface area contributed by atoms with Crippen LogP contribution in [0, 0.1) is 11.3 Å². The first-order valence-corrected chi connectivity index (χ1v) is 5.12. The van der Waals surface area contributed by atoms with Crippen LogP contribution in [-0.4, -0.2) is 12.1 Å². The summed E-state index contributed by atoms with van der Waals surface area (Å²) in [4.78, 5) is 4.26. The fourth-order valence-corrected chi connectivity index (χ4v) is 1.77. The van der Waals surface area contributed by atoms with Crippen molar-refractivity contribution in [2.75, 3.05) is 7.11 Å². The van der Waals surface area contributed by atoms with Crippen molar-refractivity contribution in [1.29, 1.82) is 5.26 Å². The number of pyridine rings is 1. The van der Waals surface area contributed by atoms with E-state index in [1.165, 1.54) is 0 Å². The number of ether oxygens (including phenoxy) is 1. The predicted octanol–water partition coefficient (Wildman–Crippen LogP) is 2.41. The molecule has 14 heavy (non-hydrogen) atoms. The third kappa shape index (κ3) is 1.38. The number of hydrogen-bond donors (Lipinski definition) is 0. The molecule has 0 atom stereocenters. The molecular weight excluding hydrogens is 244 g/mol. The standard InChI is InChI=1S/C10H9BrN2O/c1-14-8-4-7(11)5-13-9(8)10(6-12)2-3-10/h4-5H,2-3H2,1H3. The van der Waals surface area contributed by atoms with E-state index < -0.39 is 0 Å². The van der Waals surface area contributed by atoms with Crippen LogP contribution in [0.2, 0.25) is 0 Å². The third-order valence-electron chi connectivity index (χ3n) is 2.46. The van der Waals surface area contributed by atoms with E-state index in [1.54, 1.807) is 13.3 Å². The molecule has 0 radical (unpaired) electrons. The van der Waals surface area contributed by atoms with E-state index in [0.29, 0.717) is 5.75 Å². The van der Waals surface area contributed by atoms with E-state index in [2.05, 4.69) is 27.0 Å². The second-order valence-corrected chi connectivity index (χ2v) is 4.31. The van der Waals surface area contributed by atoms with E-state index in [1.807, 2.05) is 6.07 Å². The van der Waals surface area contributed by atoms with Crippen LogP contribution in [0.1, 0.15) is 18.5 Å². The van der Waals surface area contributed by atoms with Crippen molar-refractivity contribution in [2.45, 2.75) is 18.3 Å². The van der Waals surface area contributed by atoms with Crippen molar-refractivity contribution in [3.8, 4) is 11.8 Å². The van der Waals surface area contributed by atoms with Gasteiger partial charge in [-0.25, -0.2) is 0 Å². The van der Waals surface area contributed by atoms with Crippen LogP contribution in [0.25, 0.3) is 0 Å². The summed E-state index contributed by atoms with van der Waals surface area (Å²) in [7, 11) is 1.60. The third-order valence-corrected chi connectivity index (χ3v) is 2.89. The van der Waals surface area contributed by atoms with E-state index in [-0.39, 0.29) is 5.41 Å². The Balaban J connectivity index is 2.49. The van der Waals surface area contributed by atoms with Crippen LogP contribution >= 0.6 is 15.9 Å². The van der Waals surface area contributed by atoms with E-state index >= 15 is 0 Å². The molecule has 1 aromatic heterocycles. The van der Waals surface area contributed by atoms with Crippen LogP contribution < -0.4 is 4.74 Å². The molecule has 1 aromatic rings. The molecule has 1 heterocycles. The lowest BCUT2D eigenvalue weighted by Crippen LogP contribution is -2.08. The summed E-state index contributed by atoms with van der Waals surface area (Å²) in [6, 6.07) is 4.15.